The molecule has 0 radical (unpaired) electrons. The summed E-state index contributed by atoms with van der Waals surface area (Å²) in [6, 6.07) is 3.08. The fourth-order valence-corrected chi connectivity index (χ4v) is 3.41. The number of nitrogens with one attached hydrogen (secondary N) is 2. The van der Waals surface area contributed by atoms with Gasteiger partial charge in [0, 0.05) is 51.8 Å². The molecule has 0 spiro atoms. The molecule has 0 aromatic heterocycles. The van der Waals surface area contributed by atoms with Crippen molar-refractivity contribution in [2.24, 2.45) is 5.92 Å². The van der Waals surface area contributed by atoms with Crippen molar-refractivity contribution in [3.8, 4) is 0 Å². The molecular formula is C18H24F2N4O2. The third-order valence-electron chi connectivity index (χ3n) is 4.86. The van der Waals surface area contributed by atoms with Crippen molar-refractivity contribution in [3.05, 3.63) is 29.8 Å². The number of carbonyl (C=O) groups excluding carboxylic acids is 2. The van der Waals surface area contributed by atoms with Crippen molar-refractivity contribution in [2.45, 2.75) is 12.8 Å². The monoisotopic (exact) mass is 366 g/mol. The lowest BCUT2D eigenvalue weighted by molar-refractivity contribution is -0.126. The van der Waals surface area contributed by atoms with E-state index >= 15 is 0 Å². The fourth-order valence-electron chi connectivity index (χ4n) is 3.41. The molecule has 2 saturated heterocycles. The summed E-state index contributed by atoms with van der Waals surface area (Å²) in [7, 11) is 0. The predicted molar refractivity (Wildman–Crippen MR) is 93.8 cm³/mol. The second-order valence-corrected chi connectivity index (χ2v) is 6.74. The summed E-state index contributed by atoms with van der Waals surface area (Å²) < 4.78 is 26.9. The molecule has 2 amide bonds. The topological polar surface area (TPSA) is 64.7 Å². The molecule has 0 saturated carbocycles. The van der Waals surface area contributed by atoms with Crippen LogP contribution in [0.3, 0.4) is 0 Å². The van der Waals surface area contributed by atoms with Crippen LogP contribution in [0, 0.1) is 17.6 Å². The third-order valence-corrected chi connectivity index (χ3v) is 4.86. The molecule has 8 heteroatoms. The van der Waals surface area contributed by atoms with E-state index in [1.165, 1.54) is 11.0 Å². The number of halogens is 2. The average Bonchev–Trinajstić information content (AvgIpc) is 3.01. The van der Waals surface area contributed by atoms with Crippen LogP contribution in [0.15, 0.2) is 18.2 Å². The first-order chi connectivity index (χ1) is 12.5. The van der Waals surface area contributed by atoms with E-state index in [4.69, 9.17) is 0 Å². The van der Waals surface area contributed by atoms with Crippen LogP contribution in [0.4, 0.5) is 14.5 Å². The number of hydrogen-bond acceptors (Lipinski definition) is 4. The molecule has 0 aliphatic carbocycles. The van der Waals surface area contributed by atoms with E-state index in [9.17, 15) is 18.4 Å². The van der Waals surface area contributed by atoms with Crippen molar-refractivity contribution >= 4 is 17.5 Å². The number of nitrogens with zero attached hydrogens (tertiary/aromatic N) is 2. The van der Waals surface area contributed by atoms with E-state index in [1.807, 2.05) is 0 Å². The number of benzene rings is 1. The normalized spacial score (nSPS) is 21.2. The quantitative estimate of drug-likeness (QED) is 0.729. The minimum absolute atomic E-state index is 0.0189. The summed E-state index contributed by atoms with van der Waals surface area (Å²) in [4.78, 5) is 28.0. The van der Waals surface area contributed by atoms with Gasteiger partial charge < -0.3 is 20.4 Å². The maximum Gasteiger partial charge on any atom is 0.227 e. The molecule has 2 aliphatic heterocycles. The molecule has 142 valence electrons. The molecule has 2 heterocycles. The van der Waals surface area contributed by atoms with E-state index in [-0.39, 0.29) is 30.5 Å². The zero-order valence-electron chi connectivity index (χ0n) is 14.6. The first-order valence-electron chi connectivity index (χ1n) is 9.01. The van der Waals surface area contributed by atoms with Crippen LogP contribution < -0.4 is 15.5 Å². The summed E-state index contributed by atoms with van der Waals surface area (Å²) in [6.07, 6.45) is 0.892. The summed E-state index contributed by atoms with van der Waals surface area (Å²) in [5.41, 5.74) is 0.0189. The Kier molecular flexibility index (Phi) is 6.16. The van der Waals surface area contributed by atoms with Gasteiger partial charge in [0.2, 0.25) is 11.8 Å². The van der Waals surface area contributed by atoms with Gasteiger partial charge in [-0.05, 0) is 25.1 Å². The maximum atomic E-state index is 13.9. The molecule has 6 nitrogen and oxygen atoms in total. The lowest BCUT2D eigenvalue weighted by atomic mass is 10.1. The van der Waals surface area contributed by atoms with Crippen LogP contribution in [0.25, 0.3) is 0 Å². The second kappa shape index (κ2) is 8.55. The highest BCUT2D eigenvalue weighted by Gasteiger charge is 2.36. The molecule has 2 aliphatic rings. The van der Waals surface area contributed by atoms with E-state index in [1.54, 1.807) is 0 Å². The van der Waals surface area contributed by atoms with Gasteiger partial charge >= 0.3 is 0 Å². The van der Waals surface area contributed by atoms with E-state index in [0.717, 1.165) is 51.3 Å². The Labute approximate surface area is 151 Å². The maximum absolute atomic E-state index is 13.9. The zero-order chi connectivity index (χ0) is 18.5. The Morgan fingerprint density at radius 1 is 1.27 bits per heavy atom. The third kappa shape index (κ3) is 4.56. The molecule has 26 heavy (non-hydrogen) atoms. The van der Waals surface area contributed by atoms with E-state index < -0.39 is 17.6 Å². The van der Waals surface area contributed by atoms with Gasteiger partial charge in [-0.3, -0.25) is 9.59 Å². The predicted octanol–water partition coefficient (Wildman–Crippen LogP) is 0.729. The SMILES string of the molecule is O=C(NCCCN1CCNCC1)C1CC(=O)N(c2ccc(F)cc2F)C1. The first kappa shape index (κ1) is 18.7. The van der Waals surface area contributed by atoms with Gasteiger partial charge in [0.15, 0.2) is 0 Å². The van der Waals surface area contributed by atoms with E-state index in [2.05, 4.69) is 15.5 Å². The number of amides is 2. The molecule has 1 atom stereocenters. The number of carbonyl (C=O) groups is 2. The summed E-state index contributed by atoms with van der Waals surface area (Å²) in [5, 5.41) is 6.16. The minimum Gasteiger partial charge on any atom is -0.356 e. The number of anilines is 1. The highest BCUT2D eigenvalue weighted by atomic mass is 19.1. The summed E-state index contributed by atoms with van der Waals surface area (Å²) >= 11 is 0. The van der Waals surface area contributed by atoms with E-state index in [0.29, 0.717) is 6.54 Å². The Morgan fingerprint density at radius 3 is 2.77 bits per heavy atom. The Balaban J connectivity index is 1.46. The van der Waals surface area contributed by atoms with Gasteiger partial charge in [-0.15, -0.1) is 0 Å². The average molecular weight is 366 g/mol. The van der Waals surface area contributed by atoms with Crippen molar-refractivity contribution in [1.29, 1.82) is 0 Å². The van der Waals surface area contributed by atoms with Crippen LogP contribution in [-0.4, -0.2) is 62.5 Å². The minimum atomic E-state index is -0.796. The molecular weight excluding hydrogens is 342 g/mol. The number of piperazine rings is 1. The Hall–Kier alpha value is -2.06. The fraction of sp³-hybridized carbons (Fsp3) is 0.556. The van der Waals surface area contributed by atoms with Crippen LogP contribution in [0.1, 0.15) is 12.8 Å². The van der Waals surface area contributed by atoms with Gasteiger partial charge in [0.05, 0.1) is 11.6 Å². The molecule has 3 rings (SSSR count). The van der Waals surface area contributed by atoms with Crippen LogP contribution in [-0.2, 0) is 9.59 Å². The van der Waals surface area contributed by atoms with Gasteiger partial charge in [0.25, 0.3) is 0 Å². The number of hydrogen-bond donors (Lipinski definition) is 2. The van der Waals surface area contributed by atoms with Crippen LogP contribution in [0.2, 0.25) is 0 Å². The summed E-state index contributed by atoms with van der Waals surface area (Å²) in [6.45, 7) is 5.62. The highest BCUT2D eigenvalue weighted by molar-refractivity contribution is 6.00. The molecule has 0 bridgehead atoms. The summed E-state index contributed by atoms with van der Waals surface area (Å²) in [5.74, 6) is -2.52. The molecule has 1 aromatic carbocycles. The largest absolute Gasteiger partial charge is 0.356 e. The molecule has 2 N–H and O–H groups in total. The smallest absolute Gasteiger partial charge is 0.227 e. The van der Waals surface area contributed by atoms with Gasteiger partial charge in [0.1, 0.15) is 11.6 Å². The zero-order valence-corrected chi connectivity index (χ0v) is 14.6. The van der Waals surface area contributed by atoms with Crippen molar-refractivity contribution in [2.75, 3.05) is 50.7 Å². The molecule has 2 fully saturated rings. The number of rotatable bonds is 6. The highest BCUT2D eigenvalue weighted by Crippen LogP contribution is 2.27. The van der Waals surface area contributed by atoms with Crippen molar-refractivity contribution < 1.29 is 18.4 Å². The first-order valence-corrected chi connectivity index (χ1v) is 9.01. The Bertz CT molecular complexity index is 665. The van der Waals surface area contributed by atoms with Gasteiger partial charge in [-0.1, -0.05) is 0 Å². The Morgan fingerprint density at radius 2 is 2.04 bits per heavy atom. The second-order valence-electron chi connectivity index (χ2n) is 6.74. The van der Waals surface area contributed by atoms with Gasteiger partial charge in [-0.25, -0.2) is 8.78 Å². The van der Waals surface area contributed by atoms with Crippen LogP contribution >= 0.6 is 0 Å². The standard InChI is InChI=1S/C18H24F2N4O2/c19-14-2-3-16(15(20)11-14)24-12-13(10-17(24)25)18(26)22-4-1-7-23-8-5-21-6-9-23/h2-3,11,13,21H,1,4-10,12H2,(H,22,26). The molecule has 1 aromatic rings. The molecule has 1 unspecified atom stereocenters. The lowest BCUT2D eigenvalue weighted by Crippen LogP contribution is -2.44. The lowest BCUT2D eigenvalue weighted by Gasteiger charge is -2.27. The van der Waals surface area contributed by atoms with Gasteiger partial charge in [-0.2, -0.15) is 0 Å². The van der Waals surface area contributed by atoms with Crippen LogP contribution in [0.5, 0.6) is 0 Å². The van der Waals surface area contributed by atoms with Crippen molar-refractivity contribution in [1.82, 2.24) is 15.5 Å². The van der Waals surface area contributed by atoms with Crippen molar-refractivity contribution in [3.63, 3.8) is 0 Å².